The molecule has 1 atom stereocenters. The molecule has 1 rings (SSSR count). The maximum absolute atomic E-state index is 4.41. The van der Waals surface area contributed by atoms with Gasteiger partial charge in [-0.05, 0) is 19.3 Å². The molecule has 2 N–H and O–H groups in total. The summed E-state index contributed by atoms with van der Waals surface area (Å²) in [6, 6.07) is 0.448. The Balaban J connectivity index is 2.76. The number of unbranched alkanes of at least 4 members (excludes halogenated alkanes) is 2. The van der Waals surface area contributed by atoms with Crippen LogP contribution >= 0.6 is 0 Å². The predicted octanol–water partition coefficient (Wildman–Crippen LogP) is 4.02. The van der Waals surface area contributed by atoms with Gasteiger partial charge in [-0.2, -0.15) is 0 Å². The van der Waals surface area contributed by atoms with Gasteiger partial charge in [0.15, 0.2) is 0 Å². The van der Waals surface area contributed by atoms with E-state index in [1.807, 2.05) is 7.05 Å². The Morgan fingerprint density at radius 2 is 1.79 bits per heavy atom. The molecular formula is C15H28N4. The summed E-state index contributed by atoms with van der Waals surface area (Å²) < 4.78 is 0. The van der Waals surface area contributed by atoms with Gasteiger partial charge in [-0.3, -0.25) is 0 Å². The molecule has 0 aromatic carbocycles. The van der Waals surface area contributed by atoms with Crippen molar-refractivity contribution in [3.05, 3.63) is 11.9 Å². The average molecular weight is 264 g/mol. The Morgan fingerprint density at radius 1 is 1.11 bits per heavy atom. The standard InChI is InChI=1S/C15H28N4/c1-6-7-8-9-12(4)19-15-13(11(2)3)14(16-5)17-10-18-15/h10-12H,6-9H2,1-5H3,(H2,16,17,18,19). The summed E-state index contributed by atoms with van der Waals surface area (Å²) in [7, 11) is 1.91. The molecule has 19 heavy (non-hydrogen) atoms. The molecule has 0 aliphatic rings. The fourth-order valence-electron chi connectivity index (χ4n) is 2.26. The van der Waals surface area contributed by atoms with Crippen molar-refractivity contribution in [3.8, 4) is 0 Å². The molecule has 4 heteroatoms. The lowest BCUT2D eigenvalue weighted by molar-refractivity contribution is 0.612. The highest BCUT2D eigenvalue weighted by Crippen LogP contribution is 2.28. The van der Waals surface area contributed by atoms with Gasteiger partial charge in [0.1, 0.15) is 18.0 Å². The van der Waals surface area contributed by atoms with E-state index in [0.717, 1.165) is 11.6 Å². The van der Waals surface area contributed by atoms with Gasteiger partial charge in [-0.1, -0.05) is 40.0 Å². The van der Waals surface area contributed by atoms with E-state index < -0.39 is 0 Å². The van der Waals surface area contributed by atoms with E-state index in [2.05, 4.69) is 48.3 Å². The molecular weight excluding hydrogens is 236 g/mol. The summed E-state index contributed by atoms with van der Waals surface area (Å²) in [6.07, 6.45) is 6.64. The summed E-state index contributed by atoms with van der Waals surface area (Å²) in [4.78, 5) is 8.71. The normalized spacial score (nSPS) is 12.5. The Hall–Kier alpha value is -1.32. The van der Waals surface area contributed by atoms with E-state index in [9.17, 15) is 0 Å². The van der Waals surface area contributed by atoms with Gasteiger partial charge in [0, 0.05) is 18.7 Å². The Morgan fingerprint density at radius 3 is 2.37 bits per heavy atom. The fraction of sp³-hybridized carbons (Fsp3) is 0.733. The largest absolute Gasteiger partial charge is 0.373 e. The number of rotatable bonds is 8. The first-order valence-corrected chi connectivity index (χ1v) is 7.39. The number of anilines is 2. The zero-order valence-corrected chi connectivity index (χ0v) is 13.0. The van der Waals surface area contributed by atoms with E-state index in [4.69, 9.17) is 0 Å². The number of nitrogens with one attached hydrogen (secondary N) is 2. The lowest BCUT2D eigenvalue weighted by Crippen LogP contribution is -2.18. The van der Waals surface area contributed by atoms with E-state index >= 15 is 0 Å². The second-order valence-electron chi connectivity index (χ2n) is 5.43. The highest BCUT2D eigenvalue weighted by atomic mass is 15.1. The van der Waals surface area contributed by atoms with Crippen molar-refractivity contribution < 1.29 is 0 Å². The van der Waals surface area contributed by atoms with E-state index in [0.29, 0.717) is 12.0 Å². The Labute approximate surface area is 117 Å². The minimum absolute atomic E-state index is 0.397. The molecule has 0 bridgehead atoms. The molecule has 1 heterocycles. The molecule has 1 aromatic heterocycles. The van der Waals surface area contributed by atoms with Crippen molar-refractivity contribution in [2.45, 2.75) is 65.3 Å². The van der Waals surface area contributed by atoms with Crippen LogP contribution in [0.1, 0.15) is 64.9 Å². The van der Waals surface area contributed by atoms with Crippen molar-refractivity contribution in [1.29, 1.82) is 0 Å². The van der Waals surface area contributed by atoms with Crippen LogP contribution in [0.3, 0.4) is 0 Å². The van der Waals surface area contributed by atoms with Crippen molar-refractivity contribution >= 4 is 11.6 Å². The molecule has 0 aliphatic carbocycles. The van der Waals surface area contributed by atoms with E-state index in [1.54, 1.807) is 6.33 Å². The molecule has 4 nitrogen and oxygen atoms in total. The monoisotopic (exact) mass is 264 g/mol. The molecule has 1 aromatic rings. The van der Waals surface area contributed by atoms with Crippen LogP contribution in [0.5, 0.6) is 0 Å². The van der Waals surface area contributed by atoms with Crippen molar-refractivity contribution in [2.75, 3.05) is 17.7 Å². The van der Waals surface area contributed by atoms with E-state index in [-0.39, 0.29) is 0 Å². The number of hydrogen-bond donors (Lipinski definition) is 2. The topological polar surface area (TPSA) is 49.8 Å². The lowest BCUT2D eigenvalue weighted by Gasteiger charge is -2.20. The zero-order chi connectivity index (χ0) is 14.3. The van der Waals surface area contributed by atoms with Gasteiger partial charge in [0.25, 0.3) is 0 Å². The van der Waals surface area contributed by atoms with Crippen LogP contribution in [-0.4, -0.2) is 23.1 Å². The van der Waals surface area contributed by atoms with Crippen molar-refractivity contribution in [1.82, 2.24) is 9.97 Å². The van der Waals surface area contributed by atoms with Gasteiger partial charge >= 0.3 is 0 Å². The first kappa shape index (κ1) is 15.7. The average Bonchev–Trinajstić information content (AvgIpc) is 2.38. The number of hydrogen-bond acceptors (Lipinski definition) is 4. The van der Waals surface area contributed by atoms with Crippen LogP contribution in [0.4, 0.5) is 11.6 Å². The quantitative estimate of drug-likeness (QED) is 0.696. The van der Waals surface area contributed by atoms with Gasteiger partial charge < -0.3 is 10.6 Å². The maximum Gasteiger partial charge on any atom is 0.135 e. The summed E-state index contributed by atoms with van der Waals surface area (Å²) in [6.45, 7) is 8.80. The third-order valence-electron chi connectivity index (χ3n) is 3.32. The first-order chi connectivity index (χ1) is 9.10. The minimum atomic E-state index is 0.397. The van der Waals surface area contributed by atoms with Crippen molar-refractivity contribution in [3.63, 3.8) is 0 Å². The predicted molar refractivity (Wildman–Crippen MR) is 82.9 cm³/mol. The number of nitrogens with zero attached hydrogens (tertiary/aromatic N) is 2. The first-order valence-electron chi connectivity index (χ1n) is 7.39. The van der Waals surface area contributed by atoms with Crippen LogP contribution in [0, 0.1) is 0 Å². The second kappa shape index (κ2) is 7.97. The summed E-state index contributed by atoms with van der Waals surface area (Å²) in [5.41, 5.74) is 1.17. The molecule has 0 radical (unpaired) electrons. The molecule has 0 aliphatic heterocycles. The van der Waals surface area contributed by atoms with Crippen LogP contribution in [-0.2, 0) is 0 Å². The lowest BCUT2D eigenvalue weighted by atomic mass is 10.0. The highest BCUT2D eigenvalue weighted by Gasteiger charge is 2.15. The van der Waals surface area contributed by atoms with Crippen LogP contribution < -0.4 is 10.6 Å². The zero-order valence-electron chi connectivity index (χ0n) is 13.0. The van der Waals surface area contributed by atoms with Gasteiger partial charge in [-0.15, -0.1) is 0 Å². The fourth-order valence-corrected chi connectivity index (χ4v) is 2.26. The minimum Gasteiger partial charge on any atom is -0.373 e. The smallest absolute Gasteiger partial charge is 0.135 e. The Kier molecular flexibility index (Phi) is 6.60. The molecule has 0 spiro atoms. The second-order valence-corrected chi connectivity index (χ2v) is 5.43. The summed E-state index contributed by atoms with van der Waals surface area (Å²) >= 11 is 0. The molecule has 108 valence electrons. The van der Waals surface area contributed by atoms with Crippen molar-refractivity contribution in [2.24, 2.45) is 0 Å². The van der Waals surface area contributed by atoms with Crippen LogP contribution in [0.15, 0.2) is 6.33 Å². The maximum atomic E-state index is 4.41. The molecule has 1 unspecified atom stereocenters. The molecule has 0 amide bonds. The van der Waals surface area contributed by atoms with Crippen LogP contribution in [0.25, 0.3) is 0 Å². The van der Waals surface area contributed by atoms with E-state index in [1.165, 1.54) is 31.2 Å². The summed E-state index contributed by atoms with van der Waals surface area (Å²) in [5.74, 6) is 2.29. The van der Waals surface area contributed by atoms with Gasteiger partial charge in [0.05, 0.1) is 0 Å². The molecule has 0 fully saturated rings. The molecule has 0 saturated heterocycles. The Bertz CT molecular complexity index is 376. The number of aromatic nitrogens is 2. The third kappa shape index (κ3) is 4.69. The summed E-state index contributed by atoms with van der Waals surface area (Å²) in [5, 5.41) is 6.69. The van der Waals surface area contributed by atoms with Crippen LogP contribution in [0.2, 0.25) is 0 Å². The molecule has 0 saturated carbocycles. The highest BCUT2D eigenvalue weighted by molar-refractivity contribution is 5.59. The third-order valence-corrected chi connectivity index (χ3v) is 3.32. The SMILES string of the molecule is CCCCCC(C)Nc1ncnc(NC)c1C(C)C. The van der Waals surface area contributed by atoms with Gasteiger partial charge in [-0.25, -0.2) is 9.97 Å². The van der Waals surface area contributed by atoms with Gasteiger partial charge in [0.2, 0.25) is 0 Å².